The topological polar surface area (TPSA) is 17.1 Å². The van der Waals surface area contributed by atoms with Gasteiger partial charge in [-0.25, -0.2) is 0 Å². The fourth-order valence-electron chi connectivity index (χ4n) is 1.35. The minimum atomic E-state index is -0.179. The lowest BCUT2D eigenvalue weighted by molar-refractivity contribution is -0.119. The van der Waals surface area contributed by atoms with Crippen molar-refractivity contribution in [2.75, 3.05) is 0 Å². The Morgan fingerprint density at radius 3 is 2.11 bits per heavy atom. The molecule has 0 bridgehead atoms. The Bertz CT molecular complexity index is 125. The normalized spacial score (nSPS) is 24.2. The third-order valence-electron chi connectivity index (χ3n) is 2.18. The monoisotopic (exact) mass is 146 g/mol. The second-order valence-corrected chi connectivity index (χ2v) is 3.38. The van der Waals surface area contributed by atoms with E-state index in [0.29, 0.717) is 0 Å². The molecule has 9 heavy (non-hydrogen) atoms. The average Bonchev–Trinajstić information content (AvgIpc) is 2.16. The maximum absolute atomic E-state index is 10.7. The zero-order valence-corrected chi connectivity index (χ0v) is 6.37. The highest BCUT2D eigenvalue weighted by Gasteiger charge is 2.34. The summed E-state index contributed by atoms with van der Waals surface area (Å²) in [6.45, 7) is 1.95. The molecule has 0 N–H and O–H groups in total. The molecule has 1 aliphatic rings. The molecule has 1 fully saturated rings. The van der Waals surface area contributed by atoms with E-state index in [-0.39, 0.29) is 10.7 Å². The summed E-state index contributed by atoms with van der Waals surface area (Å²) in [5.41, 5.74) is -0.179. The van der Waals surface area contributed by atoms with Crippen molar-refractivity contribution in [3.8, 4) is 0 Å². The van der Waals surface area contributed by atoms with Gasteiger partial charge in [-0.3, -0.25) is 4.79 Å². The summed E-state index contributed by atoms with van der Waals surface area (Å²) in [5.74, 6) is 0. The van der Waals surface area contributed by atoms with Crippen molar-refractivity contribution in [1.29, 1.82) is 0 Å². The quantitative estimate of drug-likeness (QED) is 0.519. The highest BCUT2D eigenvalue weighted by molar-refractivity contribution is 6.64. The van der Waals surface area contributed by atoms with Gasteiger partial charge in [0, 0.05) is 5.41 Å². The van der Waals surface area contributed by atoms with E-state index >= 15 is 0 Å². The summed E-state index contributed by atoms with van der Waals surface area (Å²) in [4.78, 5) is 10.7. The number of hydrogen-bond acceptors (Lipinski definition) is 1. The predicted molar refractivity (Wildman–Crippen MR) is 37.4 cm³/mol. The zero-order chi connectivity index (χ0) is 6.91. The number of halogens is 1. The zero-order valence-electron chi connectivity index (χ0n) is 5.61. The minimum absolute atomic E-state index is 0.153. The first-order valence-electron chi connectivity index (χ1n) is 3.35. The highest BCUT2D eigenvalue weighted by atomic mass is 35.5. The second kappa shape index (κ2) is 2.30. The van der Waals surface area contributed by atoms with Crippen LogP contribution in [-0.2, 0) is 4.79 Å². The fraction of sp³-hybridized carbons (Fsp3) is 0.857. The van der Waals surface area contributed by atoms with Crippen LogP contribution < -0.4 is 0 Å². The van der Waals surface area contributed by atoms with Crippen LogP contribution in [0.4, 0.5) is 0 Å². The molecule has 1 saturated carbocycles. The van der Waals surface area contributed by atoms with Gasteiger partial charge in [-0.15, -0.1) is 0 Å². The van der Waals surface area contributed by atoms with Crippen molar-refractivity contribution < 1.29 is 4.79 Å². The van der Waals surface area contributed by atoms with Crippen LogP contribution in [0.1, 0.15) is 32.6 Å². The Morgan fingerprint density at radius 2 is 1.89 bits per heavy atom. The minimum Gasteiger partial charge on any atom is -0.281 e. The van der Waals surface area contributed by atoms with E-state index in [2.05, 4.69) is 0 Å². The molecule has 2 heteroatoms. The lowest BCUT2D eigenvalue weighted by atomic mass is 9.91. The molecule has 0 aromatic rings. The van der Waals surface area contributed by atoms with Crippen LogP contribution in [0.15, 0.2) is 0 Å². The maximum atomic E-state index is 10.7. The molecule has 52 valence electrons. The van der Waals surface area contributed by atoms with Gasteiger partial charge in [0.2, 0.25) is 5.24 Å². The fourth-order valence-corrected chi connectivity index (χ4v) is 1.54. The van der Waals surface area contributed by atoms with E-state index in [1.165, 1.54) is 0 Å². The lowest BCUT2D eigenvalue weighted by Crippen LogP contribution is -2.18. The van der Waals surface area contributed by atoms with Crippen LogP contribution in [0, 0.1) is 5.41 Å². The third kappa shape index (κ3) is 1.26. The van der Waals surface area contributed by atoms with Crippen molar-refractivity contribution in [1.82, 2.24) is 0 Å². The average molecular weight is 147 g/mol. The molecule has 0 saturated heterocycles. The van der Waals surface area contributed by atoms with Crippen LogP contribution in [0.25, 0.3) is 0 Å². The van der Waals surface area contributed by atoms with E-state index < -0.39 is 0 Å². The predicted octanol–water partition coefficient (Wildman–Crippen LogP) is 2.33. The first kappa shape index (κ1) is 7.07. The first-order valence-corrected chi connectivity index (χ1v) is 3.73. The van der Waals surface area contributed by atoms with Crippen LogP contribution in [0.2, 0.25) is 0 Å². The lowest BCUT2D eigenvalue weighted by Gasteiger charge is -2.16. The molecule has 0 unspecified atom stereocenters. The van der Waals surface area contributed by atoms with Crippen LogP contribution >= 0.6 is 11.6 Å². The largest absolute Gasteiger partial charge is 0.281 e. The molecule has 1 rings (SSSR count). The van der Waals surface area contributed by atoms with Crippen molar-refractivity contribution in [3.05, 3.63) is 0 Å². The van der Waals surface area contributed by atoms with Gasteiger partial charge in [-0.1, -0.05) is 19.8 Å². The molecule has 1 aliphatic carbocycles. The molecular weight excluding hydrogens is 136 g/mol. The summed E-state index contributed by atoms with van der Waals surface area (Å²) in [5, 5.41) is -0.153. The van der Waals surface area contributed by atoms with E-state index in [9.17, 15) is 4.79 Å². The van der Waals surface area contributed by atoms with E-state index in [0.717, 1.165) is 25.7 Å². The first-order chi connectivity index (χ1) is 4.15. The molecule has 0 spiro atoms. The van der Waals surface area contributed by atoms with Crippen LogP contribution in [0.3, 0.4) is 0 Å². The van der Waals surface area contributed by atoms with Gasteiger partial charge in [0.1, 0.15) is 0 Å². The summed E-state index contributed by atoms with van der Waals surface area (Å²) in [6.07, 6.45) is 4.29. The third-order valence-corrected chi connectivity index (χ3v) is 2.64. The Morgan fingerprint density at radius 1 is 1.44 bits per heavy atom. The number of rotatable bonds is 1. The summed E-state index contributed by atoms with van der Waals surface area (Å²) >= 11 is 5.39. The number of carbonyl (C=O) groups is 1. The summed E-state index contributed by atoms with van der Waals surface area (Å²) < 4.78 is 0. The number of hydrogen-bond donors (Lipinski definition) is 0. The standard InChI is InChI=1S/C7H11ClO/c1-7(6(8)9)4-2-3-5-7/h2-5H2,1H3. The van der Waals surface area contributed by atoms with Crippen molar-refractivity contribution in [2.24, 2.45) is 5.41 Å². The van der Waals surface area contributed by atoms with E-state index in [1.54, 1.807) is 0 Å². The molecule has 0 heterocycles. The Balaban J connectivity index is 2.61. The van der Waals surface area contributed by atoms with Gasteiger partial charge in [-0.05, 0) is 24.4 Å². The Kier molecular flexibility index (Phi) is 1.80. The molecule has 0 amide bonds. The molecule has 1 nitrogen and oxygen atoms in total. The molecule has 0 atom stereocenters. The Hall–Kier alpha value is -0.0400. The van der Waals surface area contributed by atoms with Crippen molar-refractivity contribution in [2.45, 2.75) is 32.6 Å². The van der Waals surface area contributed by atoms with Crippen LogP contribution in [-0.4, -0.2) is 5.24 Å². The molecule has 0 radical (unpaired) electrons. The molecule has 0 aliphatic heterocycles. The van der Waals surface area contributed by atoms with E-state index in [1.807, 2.05) is 6.92 Å². The summed E-state index contributed by atoms with van der Waals surface area (Å²) in [7, 11) is 0. The second-order valence-electron chi connectivity index (χ2n) is 3.04. The maximum Gasteiger partial charge on any atom is 0.227 e. The van der Waals surface area contributed by atoms with Crippen molar-refractivity contribution in [3.63, 3.8) is 0 Å². The van der Waals surface area contributed by atoms with Crippen molar-refractivity contribution >= 4 is 16.8 Å². The van der Waals surface area contributed by atoms with Gasteiger partial charge in [0.05, 0.1) is 0 Å². The van der Waals surface area contributed by atoms with Gasteiger partial charge in [0.25, 0.3) is 0 Å². The smallest absolute Gasteiger partial charge is 0.227 e. The highest BCUT2D eigenvalue weighted by Crippen LogP contribution is 2.39. The van der Waals surface area contributed by atoms with Gasteiger partial charge in [-0.2, -0.15) is 0 Å². The number of carbonyl (C=O) groups excluding carboxylic acids is 1. The van der Waals surface area contributed by atoms with E-state index in [4.69, 9.17) is 11.6 Å². The van der Waals surface area contributed by atoms with Crippen LogP contribution in [0.5, 0.6) is 0 Å². The SMILES string of the molecule is CC1(C(=O)Cl)CCCC1. The molecule has 0 aromatic heterocycles. The van der Waals surface area contributed by atoms with Gasteiger partial charge >= 0.3 is 0 Å². The summed E-state index contributed by atoms with van der Waals surface area (Å²) in [6, 6.07) is 0. The molecular formula is C7H11ClO. The van der Waals surface area contributed by atoms with Gasteiger partial charge in [0.15, 0.2) is 0 Å². The molecule has 0 aromatic carbocycles. The Labute approximate surface area is 60.4 Å². The van der Waals surface area contributed by atoms with Gasteiger partial charge < -0.3 is 0 Å².